The highest BCUT2D eigenvalue weighted by Gasteiger charge is 2.11. The second kappa shape index (κ2) is 6.26. The molecule has 0 fully saturated rings. The lowest BCUT2D eigenvalue weighted by Crippen LogP contribution is -2.14. The third-order valence-corrected chi connectivity index (χ3v) is 3.22. The number of carbonyl (C=O) groups excluding carboxylic acids is 1. The number of nitrogens with zero attached hydrogens (tertiary/aromatic N) is 2. The fourth-order valence-corrected chi connectivity index (χ4v) is 1.84. The van der Waals surface area contributed by atoms with Gasteiger partial charge in [-0.25, -0.2) is 4.98 Å². The summed E-state index contributed by atoms with van der Waals surface area (Å²) in [6, 6.07) is 5.93. The molecule has 1 aromatic heterocycles. The predicted molar refractivity (Wildman–Crippen MR) is 78.0 cm³/mol. The first kappa shape index (κ1) is 14.8. The maximum atomic E-state index is 12.0. The molecule has 0 saturated carbocycles. The Morgan fingerprint density at radius 3 is 2.55 bits per heavy atom. The van der Waals surface area contributed by atoms with Gasteiger partial charge in [-0.2, -0.15) is 4.98 Å². The minimum Gasteiger partial charge on any atom is -0.481 e. The number of hydrogen-bond donors (Lipinski definition) is 1. The molecule has 1 amide bonds. The molecular weight excluding hydrogens is 325 g/mol. The zero-order valence-electron chi connectivity index (χ0n) is 10.2. The van der Waals surface area contributed by atoms with Gasteiger partial charge >= 0.3 is 0 Å². The van der Waals surface area contributed by atoms with E-state index in [0.29, 0.717) is 10.6 Å². The summed E-state index contributed by atoms with van der Waals surface area (Å²) in [6.07, 6.45) is 0. The van der Waals surface area contributed by atoms with Gasteiger partial charge in [-0.15, -0.1) is 0 Å². The molecule has 0 radical (unpaired) electrons. The molecule has 0 aliphatic heterocycles. The summed E-state index contributed by atoms with van der Waals surface area (Å²) in [5, 5.41) is 3.29. The molecule has 1 N–H and O–H groups in total. The van der Waals surface area contributed by atoms with E-state index in [0.717, 1.165) is 0 Å². The van der Waals surface area contributed by atoms with E-state index in [2.05, 4.69) is 15.3 Å². The first-order valence-corrected chi connectivity index (χ1v) is 6.48. The molecule has 2 aromatic rings. The highest BCUT2D eigenvalue weighted by Crippen LogP contribution is 2.23. The van der Waals surface area contributed by atoms with Crippen molar-refractivity contribution in [1.29, 1.82) is 0 Å². The van der Waals surface area contributed by atoms with E-state index in [4.69, 9.17) is 39.5 Å². The number of carbonyl (C=O) groups is 1. The maximum Gasteiger partial charge on any atom is 0.258 e. The monoisotopic (exact) mass is 331 g/mol. The van der Waals surface area contributed by atoms with E-state index in [1.54, 1.807) is 0 Å². The van der Waals surface area contributed by atoms with Crippen molar-refractivity contribution in [3.8, 4) is 5.88 Å². The molecule has 0 bridgehead atoms. The van der Waals surface area contributed by atoms with Gasteiger partial charge in [0.2, 0.25) is 11.8 Å². The van der Waals surface area contributed by atoms with E-state index in [1.165, 1.54) is 31.4 Å². The predicted octanol–water partition coefficient (Wildman–Crippen LogP) is 3.70. The van der Waals surface area contributed by atoms with Crippen molar-refractivity contribution in [3.05, 3.63) is 45.0 Å². The number of benzene rings is 1. The van der Waals surface area contributed by atoms with Crippen molar-refractivity contribution in [2.24, 2.45) is 0 Å². The van der Waals surface area contributed by atoms with Crippen molar-refractivity contribution in [3.63, 3.8) is 0 Å². The summed E-state index contributed by atoms with van der Waals surface area (Å²) < 4.78 is 4.93. The summed E-state index contributed by atoms with van der Waals surface area (Å²) in [6.45, 7) is 0. The van der Waals surface area contributed by atoms with Gasteiger partial charge in [0.15, 0.2) is 0 Å². The first-order chi connectivity index (χ1) is 9.49. The van der Waals surface area contributed by atoms with E-state index < -0.39 is 5.91 Å². The van der Waals surface area contributed by atoms with E-state index in [9.17, 15) is 4.79 Å². The highest BCUT2D eigenvalue weighted by atomic mass is 35.5. The number of anilines is 1. The first-order valence-electron chi connectivity index (χ1n) is 5.34. The van der Waals surface area contributed by atoms with Crippen LogP contribution in [0.2, 0.25) is 15.2 Å². The van der Waals surface area contributed by atoms with E-state index >= 15 is 0 Å². The molecule has 20 heavy (non-hydrogen) atoms. The van der Waals surface area contributed by atoms with Gasteiger partial charge < -0.3 is 4.74 Å². The molecule has 104 valence electrons. The van der Waals surface area contributed by atoms with Crippen LogP contribution in [0.5, 0.6) is 5.88 Å². The number of hydrogen-bond acceptors (Lipinski definition) is 4. The van der Waals surface area contributed by atoms with Gasteiger partial charge in [0.1, 0.15) is 5.15 Å². The SMILES string of the molecule is COc1cc(Cl)nc(NC(=O)c2ccc(Cl)c(Cl)c2)n1. The summed E-state index contributed by atoms with van der Waals surface area (Å²) in [4.78, 5) is 19.8. The van der Waals surface area contributed by atoms with Gasteiger partial charge in [-0.3, -0.25) is 10.1 Å². The topological polar surface area (TPSA) is 64.1 Å². The zero-order valence-corrected chi connectivity index (χ0v) is 12.4. The Hall–Kier alpha value is -1.56. The Bertz CT molecular complexity index is 664. The molecule has 0 spiro atoms. The van der Waals surface area contributed by atoms with Gasteiger partial charge in [0, 0.05) is 11.6 Å². The lowest BCUT2D eigenvalue weighted by molar-refractivity contribution is 0.102. The fourth-order valence-electron chi connectivity index (χ4n) is 1.37. The number of aromatic nitrogens is 2. The highest BCUT2D eigenvalue weighted by molar-refractivity contribution is 6.42. The van der Waals surface area contributed by atoms with Crippen LogP contribution in [0, 0.1) is 0 Å². The fraction of sp³-hybridized carbons (Fsp3) is 0.0833. The standard InChI is InChI=1S/C12H8Cl3N3O2/c1-20-10-5-9(15)16-12(17-10)18-11(19)6-2-3-7(13)8(14)4-6/h2-5H,1H3,(H,16,17,18,19). The van der Waals surface area contributed by atoms with Gasteiger partial charge in [0.25, 0.3) is 5.91 Å². The van der Waals surface area contributed by atoms with Crippen molar-refractivity contribution >= 4 is 46.7 Å². The van der Waals surface area contributed by atoms with Crippen LogP contribution in [0.25, 0.3) is 0 Å². The molecular formula is C12H8Cl3N3O2. The lowest BCUT2D eigenvalue weighted by Gasteiger charge is -2.06. The molecule has 8 heteroatoms. The van der Waals surface area contributed by atoms with Crippen molar-refractivity contribution < 1.29 is 9.53 Å². The Kier molecular flexibility index (Phi) is 4.65. The van der Waals surface area contributed by atoms with Crippen LogP contribution in [-0.2, 0) is 0 Å². The molecule has 5 nitrogen and oxygen atoms in total. The minimum atomic E-state index is -0.437. The minimum absolute atomic E-state index is 0.0328. The number of halogens is 3. The summed E-state index contributed by atoms with van der Waals surface area (Å²) >= 11 is 17.4. The maximum absolute atomic E-state index is 12.0. The molecule has 0 aliphatic rings. The number of nitrogens with one attached hydrogen (secondary N) is 1. The van der Waals surface area contributed by atoms with Crippen LogP contribution in [0.3, 0.4) is 0 Å². The Balaban J connectivity index is 2.23. The summed E-state index contributed by atoms with van der Waals surface area (Å²) in [5.41, 5.74) is 0.321. The van der Waals surface area contributed by atoms with E-state index in [1.807, 2.05) is 0 Å². The smallest absolute Gasteiger partial charge is 0.258 e. The number of methoxy groups -OCH3 is 1. The molecule has 2 rings (SSSR count). The van der Waals surface area contributed by atoms with Crippen LogP contribution in [-0.4, -0.2) is 23.0 Å². The van der Waals surface area contributed by atoms with Crippen LogP contribution in [0.1, 0.15) is 10.4 Å². The van der Waals surface area contributed by atoms with Crippen molar-refractivity contribution in [2.75, 3.05) is 12.4 Å². The van der Waals surface area contributed by atoms with Gasteiger partial charge in [0.05, 0.1) is 17.2 Å². The van der Waals surface area contributed by atoms with Crippen LogP contribution in [0.4, 0.5) is 5.95 Å². The van der Waals surface area contributed by atoms with Gasteiger partial charge in [-0.1, -0.05) is 34.8 Å². The third kappa shape index (κ3) is 3.50. The molecule has 0 unspecified atom stereocenters. The van der Waals surface area contributed by atoms with Crippen LogP contribution >= 0.6 is 34.8 Å². The second-order valence-electron chi connectivity index (χ2n) is 3.64. The van der Waals surface area contributed by atoms with Crippen LogP contribution in [0.15, 0.2) is 24.3 Å². The molecule has 0 atom stereocenters. The van der Waals surface area contributed by atoms with E-state index in [-0.39, 0.29) is 22.0 Å². The van der Waals surface area contributed by atoms with Crippen molar-refractivity contribution in [1.82, 2.24) is 9.97 Å². The quantitative estimate of drug-likeness (QED) is 0.871. The molecule has 1 aromatic carbocycles. The summed E-state index contributed by atoms with van der Waals surface area (Å²) in [7, 11) is 1.43. The molecule has 0 aliphatic carbocycles. The summed E-state index contributed by atoms with van der Waals surface area (Å²) in [5.74, 6) is -0.159. The second-order valence-corrected chi connectivity index (χ2v) is 4.84. The van der Waals surface area contributed by atoms with Crippen molar-refractivity contribution in [2.45, 2.75) is 0 Å². The zero-order chi connectivity index (χ0) is 14.7. The van der Waals surface area contributed by atoms with Gasteiger partial charge in [-0.05, 0) is 18.2 Å². The Labute approximate surface area is 129 Å². The average Bonchev–Trinajstić information content (AvgIpc) is 2.41. The molecule has 0 saturated heterocycles. The lowest BCUT2D eigenvalue weighted by atomic mass is 10.2. The Morgan fingerprint density at radius 1 is 1.15 bits per heavy atom. The number of rotatable bonds is 3. The largest absolute Gasteiger partial charge is 0.481 e. The average molecular weight is 333 g/mol. The molecule has 1 heterocycles. The normalized spacial score (nSPS) is 10.2. The number of amides is 1. The Morgan fingerprint density at radius 2 is 1.90 bits per heavy atom. The van der Waals surface area contributed by atoms with Crippen LogP contribution < -0.4 is 10.1 Å². The third-order valence-electron chi connectivity index (χ3n) is 2.29. The number of ether oxygens (including phenoxy) is 1.